The van der Waals surface area contributed by atoms with Crippen molar-refractivity contribution in [3.05, 3.63) is 70.8 Å². The van der Waals surface area contributed by atoms with Crippen molar-refractivity contribution in [1.82, 2.24) is 0 Å². The van der Waals surface area contributed by atoms with Crippen molar-refractivity contribution >= 4 is 0 Å². The number of benzene rings is 2. The molecule has 0 aliphatic rings. The highest BCUT2D eigenvalue weighted by Gasteiger charge is 1.85. The fourth-order valence-electron chi connectivity index (χ4n) is 1.65. The van der Waals surface area contributed by atoms with Gasteiger partial charge in [-0.25, -0.2) is 0 Å². The third kappa shape index (κ3) is 6.81. The van der Waals surface area contributed by atoms with Crippen LogP contribution >= 0.6 is 0 Å². The minimum Gasteiger partial charge on any atom is -0.0776 e. The van der Waals surface area contributed by atoms with Crippen LogP contribution in [0.1, 0.15) is 43.5 Å². The van der Waals surface area contributed by atoms with Gasteiger partial charge in [-0.05, 0) is 37.8 Å². The van der Waals surface area contributed by atoms with Crippen LogP contribution in [0.3, 0.4) is 0 Å². The highest BCUT2D eigenvalue weighted by molar-refractivity contribution is 5.21. The summed E-state index contributed by atoms with van der Waals surface area (Å²) in [4.78, 5) is 0. The Morgan fingerprint density at radius 2 is 0.842 bits per heavy atom. The van der Waals surface area contributed by atoms with Crippen LogP contribution in [0.2, 0.25) is 0 Å². The van der Waals surface area contributed by atoms with Crippen LogP contribution in [-0.2, 0) is 12.8 Å². The molecule has 0 spiro atoms. The second-order valence-corrected chi connectivity index (χ2v) is 4.68. The molecule has 0 saturated heterocycles. The van der Waals surface area contributed by atoms with E-state index < -0.39 is 0 Å². The van der Waals surface area contributed by atoms with E-state index in [-0.39, 0.29) is 7.43 Å². The van der Waals surface area contributed by atoms with Crippen LogP contribution in [0, 0.1) is 13.8 Å². The summed E-state index contributed by atoms with van der Waals surface area (Å²) in [7, 11) is 0. The molecule has 0 heterocycles. The van der Waals surface area contributed by atoms with Gasteiger partial charge < -0.3 is 0 Å². The molecule has 0 aromatic heterocycles. The monoisotopic (exact) mass is 256 g/mol. The predicted molar refractivity (Wildman–Crippen MR) is 87.8 cm³/mol. The summed E-state index contributed by atoms with van der Waals surface area (Å²) >= 11 is 0. The molecule has 2 aromatic carbocycles. The van der Waals surface area contributed by atoms with Gasteiger partial charge in [0.15, 0.2) is 0 Å². The van der Waals surface area contributed by atoms with Crippen LogP contribution in [0.5, 0.6) is 0 Å². The van der Waals surface area contributed by atoms with Gasteiger partial charge in [0.1, 0.15) is 0 Å². The highest BCUT2D eigenvalue weighted by atomic mass is 13.9. The smallest absolute Gasteiger partial charge is 0.0307 e. The van der Waals surface area contributed by atoms with Gasteiger partial charge in [0.25, 0.3) is 0 Å². The Bertz CT molecular complexity index is 389. The van der Waals surface area contributed by atoms with E-state index in [1.165, 1.54) is 22.3 Å². The Hall–Kier alpha value is -1.56. The van der Waals surface area contributed by atoms with E-state index in [4.69, 9.17) is 0 Å². The fraction of sp³-hybridized carbons (Fsp3) is 0.368. The molecule has 104 valence electrons. The predicted octanol–water partition coefficient (Wildman–Crippen LogP) is 5.75. The standard InChI is InChI=1S/2C9H12.CH4/c2*1-3-9-6-4-8(2)5-7-9;/h2*4-7H,3H2,1-2H3;1H4. The zero-order chi connectivity index (χ0) is 13.4. The van der Waals surface area contributed by atoms with Gasteiger partial charge in [0, 0.05) is 0 Å². The molecule has 0 N–H and O–H groups in total. The topological polar surface area (TPSA) is 0 Å². The second-order valence-electron chi connectivity index (χ2n) is 4.68. The Kier molecular flexibility index (Phi) is 8.61. The van der Waals surface area contributed by atoms with E-state index in [1.54, 1.807) is 0 Å². The van der Waals surface area contributed by atoms with Crippen LogP contribution < -0.4 is 0 Å². The van der Waals surface area contributed by atoms with Crippen LogP contribution in [0.15, 0.2) is 48.5 Å². The quantitative estimate of drug-likeness (QED) is 0.641. The van der Waals surface area contributed by atoms with Gasteiger partial charge in [-0.1, -0.05) is 80.9 Å². The van der Waals surface area contributed by atoms with Crippen LogP contribution in [0.4, 0.5) is 0 Å². The maximum Gasteiger partial charge on any atom is -0.0307 e. The van der Waals surface area contributed by atoms with Gasteiger partial charge in [-0.15, -0.1) is 0 Å². The van der Waals surface area contributed by atoms with Gasteiger partial charge >= 0.3 is 0 Å². The first-order valence-corrected chi connectivity index (χ1v) is 6.76. The molecular weight excluding hydrogens is 228 g/mol. The van der Waals surface area contributed by atoms with Gasteiger partial charge in [-0.3, -0.25) is 0 Å². The molecule has 0 radical (unpaired) electrons. The van der Waals surface area contributed by atoms with Crippen molar-refractivity contribution < 1.29 is 0 Å². The summed E-state index contributed by atoms with van der Waals surface area (Å²) < 4.78 is 0. The highest BCUT2D eigenvalue weighted by Crippen LogP contribution is 2.03. The summed E-state index contributed by atoms with van der Waals surface area (Å²) in [5, 5.41) is 0. The zero-order valence-corrected chi connectivity index (χ0v) is 12.0. The molecule has 2 aromatic rings. The fourth-order valence-corrected chi connectivity index (χ4v) is 1.65. The van der Waals surface area contributed by atoms with Crippen molar-refractivity contribution in [2.45, 2.75) is 48.0 Å². The SMILES string of the molecule is C.CCc1ccc(C)cc1.CCc1ccc(C)cc1. The average molecular weight is 256 g/mol. The van der Waals surface area contributed by atoms with E-state index in [1.807, 2.05) is 0 Å². The molecule has 0 atom stereocenters. The summed E-state index contributed by atoms with van der Waals surface area (Å²) in [5.74, 6) is 0. The molecular formula is C19H28. The van der Waals surface area contributed by atoms with E-state index in [0.717, 1.165) is 12.8 Å². The largest absolute Gasteiger partial charge is 0.0776 e. The third-order valence-electron chi connectivity index (χ3n) is 3.06. The normalized spacial score (nSPS) is 9.05. The first-order valence-electron chi connectivity index (χ1n) is 6.76. The Balaban J connectivity index is 0.000000324. The molecule has 0 amide bonds. The number of rotatable bonds is 2. The van der Waals surface area contributed by atoms with E-state index in [0.29, 0.717) is 0 Å². The van der Waals surface area contributed by atoms with Gasteiger partial charge in [0.05, 0.1) is 0 Å². The lowest BCUT2D eigenvalue weighted by molar-refractivity contribution is 1.14. The molecule has 0 nitrogen and oxygen atoms in total. The lowest BCUT2D eigenvalue weighted by Crippen LogP contribution is -1.77. The first-order chi connectivity index (χ1) is 8.65. The van der Waals surface area contributed by atoms with Gasteiger partial charge in [0.2, 0.25) is 0 Å². The summed E-state index contributed by atoms with van der Waals surface area (Å²) in [6.45, 7) is 8.56. The average Bonchev–Trinajstić information content (AvgIpc) is 2.41. The molecule has 0 aliphatic carbocycles. The van der Waals surface area contributed by atoms with Crippen molar-refractivity contribution in [3.8, 4) is 0 Å². The number of hydrogen-bond donors (Lipinski definition) is 0. The molecule has 0 fully saturated rings. The molecule has 19 heavy (non-hydrogen) atoms. The molecule has 0 aliphatic heterocycles. The van der Waals surface area contributed by atoms with Crippen LogP contribution in [-0.4, -0.2) is 0 Å². The second kappa shape index (κ2) is 9.38. The molecule has 0 heteroatoms. The molecule has 0 unspecified atom stereocenters. The van der Waals surface area contributed by atoms with Crippen molar-refractivity contribution in [1.29, 1.82) is 0 Å². The van der Waals surface area contributed by atoms with E-state index in [9.17, 15) is 0 Å². The van der Waals surface area contributed by atoms with Crippen molar-refractivity contribution in [2.24, 2.45) is 0 Å². The van der Waals surface area contributed by atoms with Crippen molar-refractivity contribution in [2.75, 3.05) is 0 Å². The van der Waals surface area contributed by atoms with Crippen LogP contribution in [0.25, 0.3) is 0 Å². The summed E-state index contributed by atoms with van der Waals surface area (Å²) in [6.07, 6.45) is 2.28. The lowest BCUT2D eigenvalue weighted by atomic mass is 10.1. The maximum absolute atomic E-state index is 2.18. The number of aryl methyl sites for hydroxylation is 4. The molecule has 0 bridgehead atoms. The van der Waals surface area contributed by atoms with E-state index >= 15 is 0 Å². The maximum atomic E-state index is 2.18. The zero-order valence-electron chi connectivity index (χ0n) is 12.0. The van der Waals surface area contributed by atoms with Crippen molar-refractivity contribution in [3.63, 3.8) is 0 Å². The minimum atomic E-state index is 0. The Morgan fingerprint density at radius 1 is 0.579 bits per heavy atom. The van der Waals surface area contributed by atoms with Gasteiger partial charge in [-0.2, -0.15) is 0 Å². The summed E-state index contributed by atoms with van der Waals surface area (Å²) in [6, 6.07) is 17.3. The first kappa shape index (κ1) is 17.4. The Morgan fingerprint density at radius 3 is 1.05 bits per heavy atom. The summed E-state index contributed by atoms with van der Waals surface area (Å²) in [5.41, 5.74) is 5.51. The molecule has 2 rings (SSSR count). The Labute approximate surface area is 119 Å². The lowest BCUT2D eigenvalue weighted by Gasteiger charge is -1.94. The number of hydrogen-bond acceptors (Lipinski definition) is 0. The minimum absolute atomic E-state index is 0. The van der Waals surface area contributed by atoms with E-state index in [2.05, 4.69) is 76.2 Å². The third-order valence-corrected chi connectivity index (χ3v) is 3.06. The molecule has 0 saturated carbocycles.